The molecule has 2 aromatic carbocycles. The van der Waals surface area contributed by atoms with Crippen molar-refractivity contribution in [2.75, 3.05) is 13.1 Å². The largest absolute Gasteiger partial charge is 0.352 e. The van der Waals surface area contributed by atoms with Crippen LogP contribution < -0.4 is 5.32 Å². The number of carbonyl (C=O) groups excluding carboxylic acids is 1. The van der Waals surface area contributed by atoms with Crippen molar-refractivity contribution in [1.82, 2.24) is 9.62 Å². The molecule has 0 saturated carbocycles. The number of amides is 1. The van der Waals surface area contributed by atoms with E-state index in [1.165, 1.54) is 16.4 Å². The number of rotatable bonds is 5. The molecule has 0 bridgehead atoms. The van der Waals surface area contributed by atoms with E-state index < -0.39 is 21.3 Å². The summed E-state index contributed by atoms with van der Waals surface area (Å²) in [6.45, 7) is 4.64. The van der Waals surface area contributed by atoms with Gasteiger partial charge in [0, 0.05) is 19.6 Å². The lowest BCUT2D eigenvalue weighted by Gasteiger charge is -2.38. The molecule has 0 spiro atoms. The smallest absolute Gasteiger partial charge is 0.243 e. The Bertz CT molecular complexity index is 960. The van der Waals surface area contributed by atoms with E-state index in [1.54, 1.807) is 6.92 Å². The van der Waals surface area contributed by atoms with Crippen LogP contribution >= 0.6 is 0 Å². The number of carbonyl (C=O) groups is 1. The molecular weight excluding hydrogens is 379 g/mol. The quantitative estimate of drug-likeness (QED) is 0.832. The van der Waals surface area contributed by atoms with Crippen molar-refractivity contribution in [3.05, 3.63) is 65.5 Å². The Labute approximate surface area is 165 Å². The van der Waals surface area contributed by atoms with Crippen LogP contribution in [0.2, 0.25) is 0 Å². The molecule has 1 atom stereocenters. The number of hydrogen-bond donors (Lipinski definition) is 1. The second kappa shape index (κ2) is 8.01. The topological polar surface area (TPSA) is 66.5 Å². The lowest BCUT2D eigenvalue weighted by molar-refractivity contribution is -0.132. The summed E-state index contributed by atoms with van der Waals surface area (Å²) in [4.78, 5) is 12.9. The number of sulfonamides is 1. The van der Waals surface area contributed by atoms with E-state index in [2.05, 4.69) is 5.32 Å². The van der Waals surface area contributed by atoms with Crippen LogP contribution in [-0.2, 0) is 21.4 Å². The summed E-state index contributed by atoms with van der Waals surface area (Å²) in [7, 11) is -3.77. The molecule has 1 N–H and O–H groups in total. The minimum absolute atomic E-state index is 0.0402. The highest BCUT2D eigenvalue weighted by Gasteiger charge is 2.41. The molecule has 1 unspecified atom stereocenters. The molecular formula is C21H25FN2O3S. The van der Waals surface area contributed by atoms with Crippen molar-refractivity contribution in [1.29, 1.82) is 0 Å². The zero-order valence-electron chi connectivity index (χ0n) is 16.1. The minimum atomic E-state index is -3.77. The highest BCUT2D eigenvalue weighted by molar-refractivity contribution is 7.89. The van der Waals surface area contributed by atoms with Gasteiger partial charge in [-0.3, -0.25) is 4.79 Å². The van der Waals surface area contributed by atoms with Gasteiger partial charge in [0.2, 0.25) is 15.9 Å². The fourth-order valence-electron chi connectivity index (χ4n) is 3.54. The van der Waals surface area contributed by atoms with Gasteiger partial charge in [0.25, 0.3) is 0 Å². The van der Waals surface area contributed by atoms with Crippen molar-refractivity contribution in [3.8, 4) is 0 Å². The van der Waals surface area contributed by atoms with Crippen molar-refractivity contribution >= 4 is 15.9 Å². The third-order valence-electron chi connectivity index (χ3n) is 5.36. The molecule has 1 saturated heterocycles. The first-order valence-corrected chi connectivity index (χ1v) is 10.7. The molecule has 0 aliphatic carbocycles. The Balaban J connectivity index is 1.72. The summed E-state index contributed by atoms with van der Waals surface area (Å²) in [5, 5.41) is 2.96. The van der Waals surface area contributed by atoms with Crippen molar-refractivity contribution in [3.63, 3.8) is 0 Å². The molecule has 150 valence electrons. The molecule has 0 aromatic heterocycles. The van der Waals surface area contributed by atoms with Crippen molar-refractivity contribution in [2.45, 2.75) is 38.1 Å². The van der Waals surface area contributed by atoms with E-state index in [0.29, 0.717) is 25.9 Å². The first kappa shape index (κ1) is 20.5. The predicted molar refractivity (Wildman–Crippen MR) is 106 cm³/mol. The number of piperidine rings is 1. The zero-order chi connectivity index (χ0) is 20.4. The lowest BCUT2D eigenvalue weighted by Crippen LogP contribution is -2.51. The molecule has 0 radical (unpaired) electrons. The van der Waals surface area contributed by atoms with E-state index in [4.69, 9.17) is 0 Å². The molecule has 1 heterocycles. The standard InChI is InChI=1S/C21H25FN2O3S/c1-16-6-3-4-7-17(16)14-23-20(25)21(2)12-5-13-24(15-21)28(26,27)19-10-8-18(22)9-11-19/h3-4,6-11H,5,12-15H2,1-2H3,(H,23,25). The molecule has 1 aliphatic heterocycles. The van der Waals surface area contributed by atoms with Crippen molar-refractivity contribution in [2.24, 2.45) is 5.41 Å². The Morgan fingerprint density at radius 2 is 1.86 bits per heavy atom. The fourth-order valence-corrected chi connectivity index (χ4v) is 5.14. The van der Waals surface area contributed by atoms with Gasteiger partial charge in [-0.1, -0.05) is 24.3 Å². The van der Waals surface area contributed by atoms with Gasteiger partial charge >= 0.3 is 0 Å². The number of benzene rings is 2. The number of hydrogen-bond acceptors (Lipinski definition) is 3. The van der Waals surface area contributed by atoms with Crippen molar-refractivity contribution < 1.29 is 17.6 Å². The number of halogens is 1. The zero-order valence-corrected chi connectivity index (χ0v) is 16.9. The molecule has 1 amide bonds. The van der Waals surface area contributed by atoms with E-state index >= 15 is 0 Å². The fraction of sp³-hybridized carbons (Fsp3) is 0.381. The molecule has 7 heteroatoms. The molecule has 3 rings (SSSR count). The van der Waals surface area contributed by atoms with Gasteiger partial charge in [-0.25, -0.2) is 12.8 Å². The van der Waals surface area contributed by atoms with E-state index in [1.807, 2.05) is 31.2 Å². The van der Waals surface area contributed by atoms with Crippen LogP contribution in [0.3, 0.4) is 0 Å². The number of aryl methyl sites for hydroxylation is 1. The summed E-state index contributed by atoms with van der Waals surface area (Å²) >= 11 is 0. The summed E-state index contributed by atoms with van der Waals surface area (Å²) in [5.41, 5.74) is 1.32. The molecule has 1 fully saturated rings. The molecule has 1 aliphatic rings. The van der Waals surface area contributed by atoms with Crippen LogP contribution in [0.1, 0.15) is 30.9 Å². The highest BCUT2D eigenvalue weighted by Crippen LogP contribution is 2.33. The lowest BCUT2D eigenvalue weighted by atomic mass is 9.82. The first-order valence-electron chi connectivity index (χ1n) is 9.31. The molecule has 28 heavy (non-hydrogen) atoms. The summed E-state index contributed by atoms with van der Waals surface area (Å²) in [6, 6.07) is 12.6. The summed E-state index contributed by atoms with van der Waals surface area (Å²) < 4.78 is 40.3. The molecule has 5 nitrogen and oxygen atoms in total. The Morgan fingerprint density at radius 1 is 1.18 bits per heavy atom. The van der Waals surface area contributed by atoms with Gasteiger partial charge in [0.15, 0.2) is 0 Å². The third kappa shape index (κ3) is 4.25. The normalized spacial score (nSPS) is 20.7. The van der Waals surface area contributed by atoms with Gasteiger partial charge in [-0.15, -0.1) is 0 Å². The van der Waals surface area contributed by atoms with Gasteiger partial charge < -0.3 is 5.32 Å². The second-order valence-corrected chi connectivity index (χ2v) is 9.50. The Kier molecular flexibility index (Phi) is 5.86. The maximum Gasteiger partial charge on any atom is 0.243 e. The van der Waals surface area contributed by atoms with E-state index in [0.717, 1.165) is 23.3 Å². The predicted octanol–water partition coefficient (Wildman–Crippen LogP) is 3.24. The van der Waals surface area contributed by atoms with Crippen LogP contribution in [0.15, 0.2) is 53.4 Å². The minimum Gasteiger partial charge on any atom is -0.352 e. The maximum absolute atomic E-state index is 13.1. The molecule has 2 aromatic rings. The van der Waals surface area contributed by atoms with Crippen LogP contribution in [0.4, 0.5) is 4.39 Å². The number of nitrogens with zero attached hydrogens (tertiary/aromatic N) is 1. The third-order valence-corrected chi connectivity index (χ3v) is 7.22. The van der Waals surface area contributed by atoms with Crippen LogP contribution in [0.25, 0.3) is 0 Å². The monoisotopic (exact) mass is 404 g/mol. The maximum atomic E-state index is 13.1. The summed E-state index contributed by atoms with van der Waals surface area (Å²) in [6.07, 6.45) is 1.21. The van der Waals surface area contributed by atoms with Gasteiger partial charge in [0.1, 0.15) is 5.82 Å². The van der Waals surface area contributed by atoms with Crippen LogP contribution in [0.5, 0.6) is 0 Å². The van der Waals surface area contributed by atoms with E-state index in [-0.39, 0.29) is 17.3 Å². The Morgan fingerprint density at radius 3 is 2.54 bits per heavy atom. The van der Waals surface area contributed by atoms with Gasteiger partial charge in [-0.2, -0.15) is 4.31 Å². The number of nitrogens with one attached hydrogen (secondary N) is 1. The van der Waals surface area contributed by atoms with E-state index in [9.17, 15) is 17.6 Å². The van der Waals surface area contributed by atoms with Gasteiger partial charge in [0.05, 0.1) is 10.3 Å². The van der Waals surface area contributed by atoms with Gasteiger partial charge in [-0.05, 0) is 62.1 Å². The Hall–Kier alpha value is -2.25. The SMILES string of the molecule is Cc1ccccc1CNC(=O)C1(C)CCCN(S(=O)(=O)c2ccc(F)cc2)C1. The van der Waals surface area contributed by atoms with Crippen LogP contribution in [0, 0.1) is 18.2 Å². The second-order valence-electron chi connectivity index (χ2n) is 7.57. The van der Waals surface area contributed by atoms with Crippen LogP contribution in [-0.4, -0.2) is 31.7 Å². The average Bonchev–Trinajstić information content (AvgIpc) is 2.67. The summed E-state index contributed by atoms with van der Waals surface area (Å²) in [5.74, 6) is -0.646. The first-order chi connectivity index (χ1) is 13.2. The highest BCUT2D eigenvalue weighted by atomic mass is 32.2. The average molecular weight is 405 g/mol.